The number of hydrazine groups is 1. The number of benzene rings is 1. The lowest BCUT2D eigenvalue weighted by Crippen LogP contribution is -2.43. The van der Waals surface area contributed by atoms with Crippen molar-refractivity contribution >= 4 is 11.8 Å². The summed E-state index contributed by atoms with van der Waals surface area (Å²) < 4.78 is 0. The fourth-order valence-electron chi connectivity index (χ4n) is 2.75. The van der Waals surface area contributed by atoms with E-state index in [2.05, 4.69) is 36.6 Å². The first-order valence-corrected chi connectivity index (χ1v) is 7.94. The summed E-state index contributed by atoms with van der Waals surface area (Å²) in [5.74, 6) is 7.57. The van der Waals surface area contributed by atoms with E-state index in [0.717, 1.165) is 11.7 Å². The summed E-state index contributed by atoms with van der Waals surface area (Å²) in [5.41, 5.74) is 4.36. The molecule has 2 nitrogen and oxygen atoms in total. The Hall–Kier alpha value is -0.510. The van der Waals surface area contributed by atoms with E-state index in [1.807, 2.05) is 11.8 Å². The van der Waals surface area contributed by atoms with Crippen molar-refractivity contribution in [1.29, 1.82) is 0 Å². The third-order valence-electron chi connectivity index (χ3n) is 3.85. The van der Waals surface area contributed by atoms with Gasteiger partial charge in [-0.3, -0.25) is 11.3 Å². The summed E-state index contributed by atoms with van der Waals surface area (Å²) in [6.45, 7) is 2.14. The molecule has 1 aliphatic rings. The number of rotatable bonds is 5. The largest absolute Gasteiger partial charge is 0.271 e. The van der Waals surface area contributed by atoms with E-state index in [1.165, 1.54) is 42.6 Å². The van der Waals surface area contributed by atoms with Crippen LogP contribution < -0.4 is 11.3 Å². The molecule has 3 heteroatoms. The molecule has 1 aromatic carbocycles. The number of hydrogen-bond acceptors (Lipinski definition) is 3. The quantitative estimate of drug-likeness (QED) is 0.485. The zero-order valence-electron chi connectivity index (χ0n) is 11.2. The van der Waals surface area contributed by atoms with E-state index in [-0.39, 0.29) is 0 Å². The summed E-state index contributed by atoms with van der Waals surface area (Å²) in [6, 6.07) is 9.16. The molecular formula is C15H24N2S. The van der Waals surface area contributed by atoms with Gasteiger partial charge in [0.05, 0.1) is 0 Å². The normalized spacial score (nSPS) is 18.8. The zero-order valence-corrected chi connectivity index (χ0v) is 12.0. The van der Waals surface area contributed by atoms with E-state index in [9.17, 15) is 0 Å². The van der Waals surface area contributed by atoms with Gasteiger partial charge in [0.15, 0.2) is 0 Å². The molecule has 0 aromatic heterocycles. The second-order valence-corrected chi connectivity index (χ2v) is 6.39. The van der Waals surface area contributed by atoms with Crippen LogP contribution in [0.1, 0.15) is 37.7 Å². The van der Waals surface area contributed by atoms with Crippen molar-refractivity contribution in [3.63, 3.8) is 0 Å². The Labute approximate surface area is 115 Å². The second kappa shape index (κ2) is 7.17. The van der Waals surface area contributed by atoms with Crippen molar-refractivity contribution in [1.82, 2.24) is 5.43 Å². The Kier molecular flexibility index (Phi) is 5.54. The molecule has 0 bridgehead atoms. The molecule has 0 radical (unpaired) electrons. The van der Waals surface area contributed by atoms with Crippen molar-refractivity contribution in [2.75, 3.05) is 5.75 Å². The molecule has 0 amide bonds. The van der Waals surface area contributed by atoms with E-state index in [4.69, 9.17) is 5.84 Å². The number of nitrogens with two attached hydrogens (primary N) is 1. The molecule has 1 atom stereocenters. The molecular weight excluding hydrogens is 240 g/mol. The molecule has 3 N–H and O–H groups in total. The minimum absolute atomic E-state index is 0.454. The van der Waals surface area contributed by atoms with Gasteiger partial charge in [-0.2, -0.15) is 0 Å². The zero-order chi connectivity index (χ0) is 12.8. The molecule has 1 aromatic rings. The lowest BCUT2D eigenvalue weighted by Gasteiger charge is -2.29. The maximum Gasteiger partial charge on any atom is 0.0332 e. The average molecular weight is 264 g/mol. The molecule has 1 fully saturated rings. The van der Waals surface area contributed by atoms with Crippen LogP contribution >= 0.6 is 11.8 Å². The number of nitrogens with one attached hydrogen (secondary N) is 1. The summed E-state index contributed by atoms with van der Waals surface area (Å²) in [5, 5.41) is 0. The van der Waals surface area contributed by atoms with Gasteiger partial charge in [0.2, 0.25) is 0 Å². The van der Waals surface area contributed by atoms with Crippen molar-refractivity contribution in [2.24, 2.45) is 11.8 Å². The molecule has 0 aliphatic heterocycles. The van der Waals surface area contributed by atoms with Crippen LogP contribution in [0.5, 0.6) is 0 Å². The van der Waals surface area contributed by atoms with Gasteiger partial charge in [0.1, 0.15) is 0 Å². The molecule has 1 unspecified atom stereocenters. The fraction of sp³-hybridized carbons (Fsp3) is 0.600. The van der Waals surface area contributed by atoms with Crippen LogP contribution in [0.25, 0.3) is 0 Å². The standard InChI is InChI=1S/C15H24N2S/c1-12-6-5-9-14(10-12)18-11-15(17-16)13-7-3-2-4-8-13/h5-6,9-10,13,15,17H,2-4,7-8,11,16H2,1H3. The fourth-order valence-corrected chi connectivity index (χ4v) is 3.93. The number of aryl methyl sites for hydroxylation is 1. The number of thioether (sulfide) groups is 1. The van der Waals surface area contributed by atoms with Gasteiger partial charge >= 0.3 is 0 Å². The maximum absolute atomic E-state index is 5.73. The second-order valence-electron chi connectivity index (χ2n) is 5.30. The third-order valence-corrected chi connectivity index (χ3v) is 4.97. The minimum atomic E-state index is 0.454. The molecule has 0 saturated heterocycles. The Balaban J connectivity index is 1.86. The summed E-state index contributed by atoms with van der Waals surface area (Å²) >= 11 is 1.92. The predicted octanol–water partition coefficient (Wildman–Crippen LogP) is 3.50. The topological polar surface area (TPSA) is 38.0 Å². The van der Waals surface area contributed by atoms with Crippen LogP contribution in [-0.2, 0) is 0 Å². The molecule has 0 spiro atoms. The van der Waals surface area contributed by atoms with Crippen LogP contribution in [0.2, 0.25) is 0 Å². The highest BCUT2D eigenvalue weighted by atomic mass is 32.2. The maximum atomic E-state index is 5.73. The Morgan fingerprint density at radius 2 is 2.11 bits per heavy atom. The smallest absolute Gasteiger partial charge is 0.0332 e. The highest BCUT2D eigenvalue weighted by Crippen LogP contribution is 2.29. The Morgan fingerprint density at radius 3 is 2.78 bits per heavy atom. The average Bonchev–Trinajstić information content (AvgIpc) is 2.41. The lowest BCUT2D eigenvalue weighted by atomic mass is 9.85. The SMILES string of the molecule is Cc1cccc(SCC(NN)C2CCCCC2)c1. The van der Waals surface area contributed by atoms with Gasteiger partial charge in [-0.15, -0.1) is 11.8 Å². The first-order chi connectivity index (χ1) is 8.79. The Morgan fingerprint density at radius 1 is 1.33 bits per heavy atom. The van der Waals surface area contributed by atoms with E-state index in [1.54, 1.807) is 0 Å². The van der Waals surface area contributed by atoms with Gasteiger partial charge in [-0.25, -0.2) is 0 Å². The highest BCUT2D eigenvalue weighted by Gasteiger charge is 2.22. The molecule has 2 rings (SSSR count). The van der Waals surface area contributed by atoms with Gasteiger partial charge in [0.25, 0.3) is 0 Å². The van der Waals surface area contributed by atoms with Gasteiger partial charge in [-0.1, -0.05) is 37.0 Å². The predicted molar refractivity (Wildman–Crippen MR) is 79.6 cm³/mol. The Bertz CT molecular complexity index is 361. The van der Waals surface area contributed by atoms with Crippen molar-refractivity contribution in [3.8, 4) is 0 Å². The number of hydrogen-bond donors (Lipinski definition) is 2. The van der Waals surface area contributed by atoms with E-state index >= 15 is 0 Å². The first kappa shape index (κ1) is 13.9. The van der Waals surface area contributed by atoms with E-state index in [0.29, 0.717) is 6.04 Å². The first-order valence-electron chi connectivity index (χ1n) is 6.95. The molecule has 100 valence electrons. The molecule has 0 heterocycles. The third kappa shape index (κ3) is 4.01. The highest BCUT2D eigenvalue weighted by molar-refractivity contribution is 7.99. The van der Waals surface area contributed by atoms with Crippen LogP contribution in [0.3, 0.4) is 0 Å². The van der Waals surface area contributed by atoms with Gasteiger partial charge in [-0.05, 0) is 37.8 Å². The summed E-state index contributed by atoms with van der Waals surface area (Å²) in [6.07, 6.45) is 6.82. The van der Waals surface area contributed by atoms with Gasteiger partial charge < -0.3 is 0 Å². The van der Waals surface area contributed by atoms with Crippen LogP contribution in [0, 0.1) is 12.8 Å². The molecule has 18 heavy (non-hydrogen) atoms. The van der Waals surface area contributed by atoms with Crippen LogP contribution in [0.4, 0.5) is 0 Å². The van der Waals surface area contributed by atoms with Crippen molar-refractivity contribution in [3.05, 3.63) is 29.8 Å². The van der Waals surface area contributed by atoms with Crippen LogP contribution in [0.15, 0.2) is 29.2 Å². The van der Waals surface area contributed by atoms with Crippen molar-refractivity contribution in [2.45, 2.75) is 50.0 Å². The van der Waals surface area contributed by atoms with Gasteiger partial charge in [0, 0.05) is 16.7 Å². The minimum Gasteiger partial charge on any atom is -0.271 e. The monoisotopic (exact) mass is 264 g/mol. The lowest BCUT2D eigenvalue weighted by molar-refractivity contribution is 0.287. The molecule has 1 aliphatic carbocycles. The molecule has 1 saturated carbocycles. The summed E-state index contributed by atoms with van der Waals surface area (Å²) in [7, 11) is 0. The van der Waals surface area contributed by atoms with Crippen molar-refractivity contribution < 1.29 is 0 Å². The van der Waals surface area contributed by atoms with Crippen LogP contribution in [-0.4, -0.2) is 11.8 Å². The van der Waals surface area contributed by atoms with E-state index < -0.39 is 0 Å². The summed E-state index contributed by atoms with van der Waals surface area (Å²) in [4.78, 5) is 1.35.